The van der Waals surface area contributed by atoms with Crippen molar-refractivity contribution in [2.45, 2.75) is 6.92 Å². The molecule has 12 heavy (non-hydrogen) atoms. The fourth-order valence-electron chi connectivity index (χ4n) is 0.854. The van der Waals surface area contributed by atoms with Crippen LogP contribution in [0.25, 0.3) is 6.08 Å². The molecule has 1 aromatic rings. The zero-order chi connectivity index (χ0) is 8.27. The number of hydrogen-bond donors (Lipinski definition) is 1. The fourth-order valence-corrected chi connectivity index (χ4v) is 0.854. The van der Waals surface area contributed by atoms with E-state index >= 15 is 0 Å². The van der Waals surface area contributed by atoms with Crippen LogP contribution in [0.4, 0.5) is 0 Å². The highest BCUT2D eigenvalue weighted by molar-refractivity contribution is 5.94. The topological polar surface area (TPSA) is 52.1 Å². The van der Waals surface area contributed by atoms with Crippen molar-refractivity contribution in [2.75, 3.05) is 0 Å². The Hall–Kier alpha value is -1.41. The van der Waals surface area contributed by atoms with Crippen molar-refractivity contribution in [2.24, 2.45) is 0 Å². The molecule has 0 saturated carbocycles. The van der Waals surface area contributed by atoms with Crippen LogP contribution < -0.4 is 6.15 Å². The van der Waals surface area contributed by atoms with Gasteiger partial charge in [-0.3, -0.25) is 4.79 Å². The van der Waals surface area contributed by atoms with Gasteiger partial charge in [0.2, 0.25) is 0 Å². The summed E-state index contributed by atoms with van der Waals surface area (Å²) < 4.78 is 0. The molecule has 0 atom stereocenters. The Balaban J connectivity index is 0.00000121. The number of rotatable bonds is 2. The Bertz CT molecular complexity index is 274. The molecule has 3 N–H and O–H groups in total. The number of hydrogen-bond acceptors (Lipinski definition) is 2. The van der Waals surface area contributed by atoms with Gasteiger partial charge in [-0.25, -0.2) is 0 Å². The summed E-state index contributed by atoms with van der Waals surface area (Å²) >= 11 is 0. The van der Waals surface area contributed by atoms with Crippen molar-refractivity contribution >= 4 is 11.9 Å². The van der Waals surface area contributed by atoms with Gasteiger partial charge in [0.1, 0.15) is 0 Å². The standard InChI is InChI=1S/C10H10O.H3N/c1-3-9-4-6-10(7-5-9)8(2)11;/h3-7H,1H2,2H3;1H3. The molecule has 0 saturated heterocycles. The minimum Gasteiger partial charge on any atom is -0.344 e. The summed E-state index contributed by atoms with van der Waals surface area (Å²) in [5.74, 6) is 0.0978. The van der Waals surface area contributed by atoms with Crippen molar-refractivity contribution in [3.63, 3.8) is 0 Å². The van der Waals surface area contributed by atoms with Gasteiger partial charge in [-0.05, 0) is 12.5 Å². The molecule has 1 aromatic carbocycles. The third-order valence-corrected chi connectivity index (χ3v) is 1.55. The van der Waals surface area contributed by atoms with Gasteiger partial charge in [0.05, 0.1) is 0 Å². The lowest BCUT2D eigenvalue weighted by Crippen LogP contribution is -1.90. The van der Waals surface area contributed by atoms with Gasteiger partial charge in [-0.1, -0.05) is 36.9 Å². The Kier molecular flexibility index (Phi) is 3.94. The van der Waals surface area contributed by atoms with Gasteiger partial charge < -0.3 is 6.15 Å². The molecule has 64 valence electrons. The summed E-state index contributed by atoms with van der Waals surface area (Å²) in [5.41, 5.74) is 1.78. The molecule has 0 bridgehead atoms. The van der Waals surface area contributed by atoms with Crippen molar-refractivity contribution in [3.05, 3.63) is 42.0 Å². The van der Waals surface area contributed by atoms with Crippen molar-refractivity contribution < 1.29 is 4.79 Å². The number of benzene rings is 1. The maximum atomic E-state index is 10.8. The van der Waals surface area contributed by atoms with Gasteiger partial charge in [0.25, 0.3) is 0 Å². The van der Waals surface area contributed by atoms with Crippen LogP contribution >= 0.6 is 0 Å². The number of carbonyl (C=O) groups is 1. The summed E-state index contributed by atoms with van der Waals surface area (Å²) in [6, 6.07) is 7.37. The normalized spacial score (nSPS) is 8.42. The summed E-state index contributed by atoms with van der Waals surface area (Å²) in [7, 11) is 0. The molecule has 0 amide bonds. The fraction of sp³-hybridized carbons (Fsp3) is 0.100. The Labute approximate surface area is 72.5 Å². The highest BCUT2D eigenvalue weighted by atomic mass is 16.1. The van der Waals surface area contributed by atoms with E-state index in [9.17, 15) is 4.79 Å². The molecule has 0 spiro atoms. The van der Waals surface area contributed by atoms with E-state index < -0.39 is 0 Å². The van der Waals surface area contributed by atoms with Crippen LogP contribution in [0.5, 0.6) is 0 Å². The van der Waals surface area contributed by atoms with Crippen molar-refractivity contribution in [1.29, 1.82) is 0 Å². The molecule has 0 aliphatic rings. The molecular formula is C10H13NO. The van der Waals surface area contributed by atoms with Crippen LogP contribution in [-0.4, -0.2) is 5.78 Å². The summed E-state index contributed by atoms with van der Waals surface area (Å²) in [4.78, 5) is 10.8. The van der Waals surface area contributed by atoms with Gasteiger partial charge >= 0.3 is 0 Å². The summed E-state index contributed by atoms with van der Waals surface area (Å²) in [6.45, 7) is 5.18. The van der Waals surface area contributed by atoms with Crippen molar-refractivity contribution in [1.82, 2.24) is 6.15 Å². The average Bonchev–Trinajstić information content (AvgIpc) is 2.05. The minimum absolute atomic E-state index is 0. The first-order valence-corrected chi connectivity index (χ1v) is 3.47. The molecule has 0 aromatic heterocycles. The maximum absolute atomic E-state index is 10.8. The largest absolute Gasteiger partial charge is 0.344 e. The van der Waals surface area contributed by atoms with Gasteiger partial charge in [-0.15, -0.1) is 0 Å². The predicted octanol–water partition coefficient (Wildman–Crippen LogP) is 2.69. The molecule has 0 fully saturated rings. The van der Waals surface area contributed by atoms with Crippen LogP contribution in [0.15, 0.2) is 30.8 Å². The molecule has 1 rings (SSSR count). The molecule has 0 aliphatic heterocycles. The summed E-state index contributed by atoms with van der Waals surface area (Å²) in [5, 5.41) is 0. The molecular weight excluding hydrogens is 150 g/mol. The number of Topliss-reactive ketones (excluding diaryl/α,β-unsaturated/α-hetero) is 1. The third kappa shape index (κ3) is 2.32. The van der Waals surface area contributed by atoms with Crippen LogP contribution in [0.3, 0.4) is 0 Å². The SMILES string of the molecule is C=Cc1ccc(C(C)=O)cc1.N. The Morgan fingerprint density at radius 2 is 1.83 bits per heavy atom. The lowest BCUT2D eigenvalue weighted by atomic mass is 10.1. The summed E-state index contributed by atoms with van der Waals surface area (Å²) in [6.07, 6.45) is 1.75. The van der Waals surface area contributed by atoms with E-state index in [-0.39, 0.29) is 11.9 Å². The van der Waals surface area contributed by atoms with E-state index in [1.54, 1.807) is 25.1 Å². The van der Waals surface area contributed by atoms with Crippen LogP contribution in [0.1, 0.15) is 22.8 Å². The molecule has 0 radical (unpaired) electrons. The molecule has 0 aliphatic carbocycles. The van der Waals surface area contributed by atoms with Crippen LogP contribution in [0.2, 0.25) is 0 Å². The quantitative estimate of drug-likeness (QED) is 0.681. The molecule has 0 heterocycles. The van der Waals surface area contributed by atoms with E-state index in [4.69, 9.17) is 0 Å². The second kappa shape index (κ2) is 4.46. The highest BCUT2D eigenvalue weighted by Crippen LogP contribution is 2.05. The monoisotopic (exact) mass is 163 g/mol. The predicted molar refractivity (Wildman–Crippen MR) is 51.6 cm³/mol. The first-order chi connectivity index (χ1) is 5.24. The van der Waals surface area contributed by atoms with E-state index in [1.807, 2.05) is 12.1 Å². The van der Waals surface area contributed by atoms with E-state index in [1.165, 1.54) is 0 Å². The lowest BCUT2D eigenvalue weighted by molar-refractivity contribution is 0.101. The zero-order valence-electron chi connectivity index (χ0n) is 7.21. The second-order valence-corrected chi connectivity index (χ2v) is 2.38. The first kappa shape index (κ1) is 10.6. The Morgan fingerprint density at radius 1 is 1.33 bits per heavy atom. The third-order valence-electron chi connectivity index (χ3n) is 1.55. The van der Waals surface area contributed by atoms with E-state index in [2.05, 4.69) is 6.58 Å². The average molecular weight is 163 g/mol. The Morgan fingerprint density at radius 3 is 2.17 bits per heavy atom. The molecule has 0 unspecified atom stereocenters. The van der Waals surface area contributed by atoms with Gasteiger partial charge in [-0.2, -0.15) is 0 Å². The van der Waals surface area contributed by atoms with E-state index in [0.29, 0.717) is 0 Å². The smallest absolute Gasteiger partial charge is 0.159 e. The zero-order valence-corrected chi connectivity index (χ0v) is 7.21. The molecule has 2 nitrogen and oxygen atoms in total. The van der Waals surface area contributed by atoms with Crippen LogP contribution in [0, 0.1) is 0 Å². The molecule has 2 heteroatoms. The minimum atomic E-state index is 0. The van der Waals surface area contributed by atoms with Crippen LogP contribution in [-0.2, 0) is 0 Å². The van der Waals surface area contributed by atoms with E-state index in [0.717, 1.165) is 11.1 Å². The van der Waals surface area contributed by atoms with Crippen molar-refractivity contribution in [3.8, 4) is 0 Å². The lowest BCUT2D eigenvalue weighted by Gasteiger charge is -1.94. The van der Waals surface area contributed by atoms with Gasteiger partial charge in [0, 0.05) is 5.56 Å². The highest BCUT2D eigenvalue weighted by Gasteiger charge is 1.95. The second-order valence-electron chi connectivity index (χ2n) is 2.38. The first-order valence-electron chi connectivity index (χ1n) is 3.47. The number of carbonyl (C=O) groups excluding carboxylic acids is 1. The van der Waals surface area contributed by atoms with Gasteiger partial charge in [0.15, 0.2) is 5.78 Å². The maximum Gasteiger partial charge on any atom is 0.159 e. The number of ketones is 1.